The summed E-state index contributed by atoms with van der Waals surface area (Å²) in [4.78, 5) is 24.2. The first-order valence-corrected chi connectivity index (χ1v) is 8.87. The van der Waals surface area contributed by atoms with Crippen molar-refractivity contribution in [1.82, 2.24) is 14.9 Å². The smallest absolute Gasteiger partial charge is 0.435 e. The lowest BCUT2D eigenvalue weighted by Crippen LogP contribution is -2.69. The fourth-order valence-corrected chi connectivity index (χ4v) is 3.75. The predicted octanol–water partition coefficient (Wildman–Crippen LogP) is 1.57. The lowest BCUT2D eigenvalue weighted by molar-refractivity contribution is -0.198. The lowest BCUT2D eigenvalue weighted by Gasteiger charge is -2.29. The van der Waals surface area contributed by atoms with Gasteiger partial charge in [0.1, 0.15) is 5.76 Å². The Morgan fingerprint density at radius 2 is 1.78 bits per heavy atom. The van der Waals surface area contributed by atoms with E-state index in [1.807, 2.05) is 0 Å². The molecular formula is C15H12F3N3O5S. The second-order valence-electron chi connectivity index (χ2n) is 5.57. The zero-order chi connectivity index (χ0) is 19.9. The van der Waals surface area contributed by atoms with E-state index in [1.165, 1.54) is 46.6 Å². The summed E-state index contributed by atoms with van der Waals surface area (Å²) in [6.45, 7) is -0.595. The maximum absolute atomic E-state index is 13.7. The Morgan fingerprint density at radius 1 is 1.11 bits per heavy atom. The van der Waals surface area contributed by atoms with Crippen LogP contribution in [0.15, 0.2) is 58.0 Å². The molecule has 0 saturated carbocycles. The predicted molar refractivity (Wildman–Crippen MR) is 83.3 cm³/mol. The van der Waals surface area contributed by atoms with Crippen molar-refractivity contribution in [3.63, 3.8) is 0 Å². The molecule has 1 aliphatic heterocycles. The highest BCUT2D eigenvalue weighted by Gasteiger charge is 2.69. The molecule has 0 unspecified atom stereocenters. The maximum atomic E-state index is 13.7. The van der Waals surface area contributed by atoms with Gasteiger partial charge in [0.05, 0.1) is 17.7 Å². The molecule has 2 N–H and O–H groups in total. The standard InChI is InChI=1S/C15H12F3N3O5S/c16-15(17,18)14(20-27(24,25)11-6-2-1-3-7-11)12(22)21(13(23)19-14)9-10-5-4-8-26-10/h1-8,20H,9H2,(H,19,23)/t14-/m0/s1. The van der Waals surface area contributed by atoms with E-state index in [1.54, 1.807) is 0 Å². The first-order chi connectivity index (χ1) is 12.6. The second-order valence-corrected chi connectivity index (χ2v) is 7.25. The van der Waals surface area contributed by atoms with E-state index >= 15 is 0 Å². The molecule has 0 bridgehead atoms. The Bertz CT molecular complexity index is 960. The second kappa shape index (κ2) is 6.39. The van der Waals surface area contributed by atoms with Gasteiger partial charge in [-0.2, -0.15) is 17.9 Å². The van der Waals surface area contributed by atoms with Crippen LogP contribution in [0.2, 0.25) is 0 Å². The highest BCUT2D eigenvalue weighted by molar-refractivity contribution is 7.89. The third-order valence-electron chi connectivity index (χ3n) is 3.77. The van der Waals surface area contributed by atoms with Crippen LogP contribution in [0.4, 0.5) is 18.0 Å². The summed E-state index contributed by atoms with van der Waals surface area (Å²) in [7, 11) is -4.78. The fourth-order valence-electron chi connectivity index (χ4n) is 2.46. The van der Waals surface area contributed by atoms with Gasteiger partial charge in [0, 0.05) is 0 Å². The molecule has 27 heavy (non-hydrogen) atoms. The van der Waals surface area contributed by atoms with Gasteiger partial charge in [-0.05, 0) is 24.3 Å². The average Bonchev–Trinajstić information content (AvgIpc) is 3.18. The van der Waals surface area contributed by atoms with Crippen molar-refractivity contribution in [1.29, 1.82) is 0 Å². The molecule has 1 atom stereocenters. The van der Waals surface area contributed by atoms with Crippen molar-refractivity contribution in [2.24, 2.45) is 0 Å². The number of rotatable bonds is 5. The number of halogens is 3. The number of hydrogen-bond acceptors (Lipinski definition) is 5. The Kier molecular flexibility index (Phi) is 4.48. The van der Waals surface area contributed by atoms with Crippen molar-refractivity contribution in [2.75, 3.05) is 0 Å². The number of sulfonamides is 1. The van der Waals surface area contributed by atoms with E-state index in [0.29, 0.717) is 0 Å². The number of hydrogen-bond donors (Lipinski definition) is 2. The third kappa shape index (κ3) is 3.28. The zero-order valence-corrected chi connectivity index (χ0v) is 14.2. The largest absolute Gasteiger partial charge is 0.467 e. The van der Waals surface area contributed by atoms with Crippen LogP contribution in [0.5, 0.6) is 0 Å². The molecule has 3 rings (SSSR count). The molecule has 1 aromatic heterocycles. The van der Waals surface area contributed by atoms with Crippen molar-refractivity contribution in [3.05, 3.63) is 54.5 Å². The molecule has 1 aromatic carbocycles. The normalized spacial score (nSPS) is 20.8. The van der Waals surface area contributed by atoms with Gasteiger partial charge in [0.15, 0.2) is 0 Å². The maximum Gasteiger partial charge on any atom is 0.435 e. The van der Waals surface area contributed by atoms with E-state index in [9.17, 15) is 31.2 Å². The SMILES string of the molecule is O=C1N[C@@](NS(=O)(=O)c2ccccc2)(C(F)(F)F)C(=O)N1Cc1ccco1. The number of alkyl halides is 3. The summed E-state index contributed by atoms with van der Waals surface area (Å²) in [5.74, 6) is -1.77. The summed E-state index contributed by atoms with van der Waals surface area (Å²) >= 11 is 0. The Labute approximate surface area is 151 Å². The molecule has 2 aromatic rings. The number of amides is 3. The van der Waals surface area contributed by atoms with Crippen LogP contribution >= 0.6 is 0 Å². The number of urea groups is 1. The number of nitrogens with zero attached hydrogens (tertiary/aromatic N) is 1. The molecule has 1 fully saturated rings. The minimum Gasteiger partial charge on any atom is -0.467 e. The zero-order valence-electron chi connectivity index (χ0n) is 13.4. The first-order valence-electron chi connectivity index (χ1n) is 7.39. The highest BCUT2D eigenvalue weighted by Crippen LogP contribution is 2.35. The summed E-state index contributed by atoms with van der Waals surface area (Å²) in [5, 5.41) is 1.43. The number of imide groups is 1. The van der Waals surface area contributed by atoms with Crippen LogP contribution < -0.4 is 10.0 Å². The van der Waals surface area contributed by atoms with Crippen LogP contribution in [0.25, 0.3) is 0 Å². The monoisotopic (exact) mass is 403 g/mol. The summed E-state index contributed by atoms with van der Waals surface area (Å²) in [6, 6.07) is 7.52. The van der Waals surface area contributed by atoms with E-state index in [4.69, 9.17) is 4.42 Å². The van der Waals surface area contributed by atoms with Gasteiger partial charge in [0.2, 0.25) is 10.0 Å². The van der Waals surface area contributed by atoms with Crippen LogP contribution in [-0.4, -0.2) is 37.1 Å². The van der Waals surface area contributed by atoms with Crippen molar-refractivity contribution in [2.45, 2.75) is 23.3 Å². The van der Waals surface area contributed by atoms with Gasteiger partial charge in [-0.1, -0.05) is 18.2 Å². The van der Waals surface area contributed by atoms with Crippen molar-refractivity contribution < 1.29 is 35.6 Å². The highest BCUT2D eigenvalue weighted by atomic mass is 32.2. The minimum absolute atomic E-state index is 0.0439. The number of furan rings is 1. The van der Waals surface area contributed by atoms with Crippen molar-refractivity contribution in [3.8, 4) is 0 Å². The third-order valence-corrected chi connectivity index (χ3v) is 5.23. The molecule has 1 aliphatic rings. The topological polar surface area (TPSA) is 109 Å². The van der Waals surface area contributed by atoms with E-state index in [-0.39, 0.29) is 10.7 Å². The van der Waals surface area contributed by atoms with Gasteiger partial charge in [0.25, 0.3) is 11.6 Å². The molecule has 1 saturated heterocycles. The van der Waals surface area contributed by atoms with Gasteiger partial charge in [-0.25, -0.2) is 13.2 Å². The molecule has 0 spiro atoms. The Balaban J connectivity index is 1.99. The van der Waals surface area contributed by atoms with Crippen LogP contribution in [0.3, 0.4) is 0 Å². The number of carbonyl (C=O) groups is 2. The van der Waals surface area contributed by atoms with E-state index in [2.05, 4.69) is 0 Å². The number of carbonyl (C=O) groups excluding carboxylic acids is 2. The van der Waals surface area contributed by atoms with Crippen LogP contribution in [0.1, 0.15) is 5.76 Å². The molecular weight excluding hydrogens is 391 g/mol. The first kappa shape index (κ1) is 18.9. The van der Waals surface area contributed by atoms with Gasteiger partial charge >= 0.3 is 12.2 Å². The van der Waals surface area contributed by atoms with E-state index < -0.39 is 45.2 Å². The fraction of sp³-hybridized carbons (Fsp3) is 0.200. The van der Waals surface area contributed by atoms with Crippen LogP contribution in [-0.2, 0) is 21.4 Å². The van der Waals surface area contributed by atoms with Crippen molar-refractivity contribution >= 4 is 22.0 Å². The molecule has 2 heterocycles. The Hall–Kier alpha value is -2.86. The molecule has 144 valence electrons. The molecule has 8 nitrogen and oxygen atoms in total. The molecule has 0 radical (unpaired) electrons. The van der Waals surface area contributed by atoms with Crippen LogP contribution in [0, 0.1) is 0 Å². The quantitative estimate of drug-likeness (QED) is 0.737. The van der Waals surface area contributed by atoms with Gasteiger partial charge < -0.3 is 9.73 Å². The molecule has 3 amide bonds. The molecule has 0 aliphatic carbocycles. The van der Waals surface area contributed by atoms with Gasteiger partial charge in [-0.3, -0.25) is 9.69 Å². The number of benzene rings is 1. The summed E-state index contributed by atoms with van der Waals surface area (Å²) in [5.41, 5.74) is -3.83. The Morgan fingerprint density at radius 3 is 2.33 bits per heavy atom. The molecule has 12 heteroatoms. The van der Waals surface area contributed by atoms with E-state index in [0.717, 1.165) is 12.1 Å². The minimum atomic E-state index is -5.44. The number of nitrogens with one attached hydrogen (secondary N) is 2. The summed E-state index contributed by atoms with van der Waals surface area (Å²) < 4.78 is 72.1. The average molecular weight is 403 g/mol. The lowest BCUT2D eigenvalue weighted by atomic mass is 10.1. The summed E-state index contributed by atoms with van der Waals surface area (Å²) in [6.07, 6.45) is -4.23. The van der Waals surface area contributed by atoms with Gasteiger partial charge in [-0.15, -0.1) is 0 Å².